The summed E-state index contributed by atoms with van der Waals surface area (Å²) < 4.78 is 2.25. The van der Waals surface area contributed by atoms with E-state index in [0.29, 0.717) is 0 Å². The second-order valence-corrected chi connectivity index (χ2v) is 7.46. The summed E-state index contributed by atoms with van der Waals surface area (Å²) in [7, 11) is 0. The molecule has 0 amide bonds. The minimum Gasteiger partial charge on any atom is -0.323 e. The Morgan fingerprint density at radius 2 is 2.00 bits per heavy atom. The molecule has 0 spiro atoms. The standard InChI is InChI=1S/C11H17Br2NS/c1-7(2)4-3-5-9(14)10-6-8(12)11(13)15-10/h6-7,9H,3-5,14H2,1-2H3. The predicted molar refractivity (Wildman–Crippen MR) is 75.3 cm³/mol. The normalized spacial score (nSPS) is 13.5. The molecule has 1 atom stereocenters. The molecule has 1 aromatic heterocycles. The lowest BCUT2D eigenvalue weighted by Crippen LogP contribution is -2.08. The summed E-state index contributed by atoms with van der Waals surface area (Å²) >= 11 is 8.70. The molecule has 0 fully saturated rings. The molecule has 1 aromatic rings. The van der Waals surface area contributed by atoms with Gasteiger partial charge >= 0.3 is 0 Å². The first kappa shape index (κ1) is 13.7. The van der Waals surface area contributed by atoms with Gasteiger partial charge < -0.3 is 5.73 Å². The van der Waals surface area contributed by atoms with Crippen molar-refractivity contribution in [2.75, 3.05) is 0 Å². The van der Waals surface area contributed by atoms with Crippen LogP contribution in [0.1, 0.15) is 44.0 Å². The van der Waals surface area contributed by atoms with Gasteiger partial charge in [0.15, 0.2) is 0 Å². The van der Waals surface area contributed by atoms with Gasteiger partial charge in [-0.05, 0) is 50.3 Å². The van der Waals surface area contributed by atoms with Gasteiger partial charge in [0.2, 0.25) is 0 Å². The highest BCUT2D eigenvalue weighted by atomic mass is 79.9. The maximum Gasteiger partial charge on any atom is 0.0843 e. The fourth-order valence-corrected chi connectivity index (χ4v) is 3.56. The minimum atomic E-state index is 0.191. The van der Waals surface area contributed by atoms with Gasteiger partial charge in [-0.3, -0.25) is 0 Å². The van der Waals surface area contributed by atoms with Crippen LogP contribution in [0.4, 0.5) is 0 Å². The monoisotopic (exact) mass is 353 g/mol. The van der Waals surface area contributed by atoms with Crippen molar-refractivity contribution < 1.29 is 0 Å². The Kier molecular flexibility index (Phi) is 5.82. The molecular weight excluding hydrogens is 338 g/mol. The molecule has 4 heteroatoms. The maximum absolute atomic E-state index is 6.13. The first-order valence-corrected chi connectivity index (χ1v) is 7.61. The van der Waals surface area contributed by atoms with Crippen molar-refractivity contribution in [1.82, 2.24) is 0 Å². The molecule has 15 heavy (non-hydrogen) atoms. The van der Waals surface area contributed by atoms with E-state index in [1.54, 1.807) is 11.3 Å². The van der Waals surface area contributed by atoms with Crippen molar-refractivity contribution >= 4 is 43.2 Å². The van der Waals surface area contributed by atoms with Gasteiger partial charge in [-0.2, -0.15) is 0 Å². The van der Waals surface area contributed by atoms with E-state index >= 15 is 0 Å². The molecule has 2 N–H and O–H groups in total. The Bertz CT molecular complexity index is 290. The number of hydrogen-bond acceptors (Lipinski definition) is 2. The van der Waals surface area contributed by atoms with Crippen molar-refractivity contribution in [3.8, 4) is 0 Å². The van der Waals surface area contributed by atoms with Gasteiger partial charge in [-0.25, -0.2) is 0 Å². The molecule has 0 aliphatic heterocycles. The maximum atomic E-state index is 6.13. The van der Waals surface area contributed by atoms with E-state index in [2.05, 4.69) is 51.8 Å². The topological polar surface area (TPSA) is 26.0 Å². The fourth-order valence-electron chi connectivity index (χ4n) is 1.43. The molecule has 0 aliphatic rings. The number of nitrogens with two attached hydrogens (primary N) is 1. The average molecular weight is 355 g/mol. The van der Waals surface area contributed by atoms with Gasteiger partial charge in [0, 0.05) is 15.4 Å². The molecular formula is C11H17Br2NS. The summed E-state index contributed by atoms with van der Waals surface area (Å²) in [6.07, 6.45) is 3.56. The molecule has 0 radical (unpaired) electrons. The van der Waals surface area contributed by atoms with Crippen LogP contribution >= 0.6 is 43.2 Å². The Labute approximate surface area is 113 Å². The van der Waals surface area contributed by atoms with Crippen LogP contribution in [0.15, 0.2) is 14.3 Å². The smallest absolute Gasteiger partial charge is 0.0843 e. The first-order valence-electron chi connectivity index (χ1n) is 5.21. The first-order chi connectivity index (χ1) is 7.00. The van der Waals surface area contributed by atoms with Crippen LogP contribution < -0.4 is 5.73 Å². The van der Waals surface area contributed by atoms with Gasteiger partial charge in [0.25, 0.3) is 0 Å². The van der Waals surface area contributed by atoms with E-state index in [0.717, 1.165) is 20.6 Å². The summed E-state index contributed by atoms with van der Waals surface area (Å²) in [6.45, 7) is 4.51. The van der Waals surface area contributed by atoms with Crippen LogP contribution in [0.25, 0.3) is 0 Å². The van der Waals surface area contributed by atoms with E-state index in [1.165, 1.54) is 17.7 Å². The number of rotatable bonds is 5. The van der Waals surface area contributed by atoms with Crippen molar-refractivity contribution in [1.29, 1.82) is 0 Å². The Hall–Kier alpha value is 0.620. The van der Waals surface area contributed by atoms with Gasteiger partial charge in [-0.15, -0.1) is 11.3 Å². The Balaban J connectivity index is 2.43. The van der Waals surface area contributed by atoms with Crippen LogP contribution in [0.5, 0.6) is 0 Å². The van der Waals surface area contributed by atoms with Gasteiger partial charge in [-0.1, -0.05) is 26.7 Å². The van der Waals surface area contributed by atoms with E-state index in [9.17, 15) is 0 Å². The molecule has 1 rings (SSSR count). The third-order valence-electron chi connectivity index (χ3n) is 2.33. The van der Waals surface area contributed by atoms with E-state index < -0.39 is 0 Å². The number of thiophene rings is 1. The minimum absolute atomic E-state index is 0.191. The van der Waals surface area contributed by atoms with E-state index in [-0.39, 0.29) is 6.04 Å². The third kappa shape index (κ3) is 4.55. The van der Waals surface area contributed by atoms with Crippen molar-refractivity contribution in [3.05, 3.63) is 19.2 Å². The van der Waals surface area contributed by atoms with Gasteiger partial charge in [0.05, 0.1) is 3.79 Å². The number of halogens is 2. The lowest BCUT2D eigenvalue weighted by molar-refractivity contribution is 0.508. The van der Waals surface area contributed by atoms with Crippen LogP contribution in [-0.4, -0.2) is 0 Å². The van der Waals surface area contributed by atoms with E-state index in [1.807, 2.05) is 0 Å². The molecule has 0 bridgehead atoms. The number of hydrogen-bond donors (Lipinski definition) is 1. The van der Waals surface area contributed by atoms with Crippen LogP contribution in [0, 0.1) is 5.92 Å². The second kappa shape index (κ2) is 6.38. The van der Waals surface area contributed by atoms with Crippen LogP contribution in [0.3, 0.4) is 0 Å². The molecule has 0 saturated carbocycles. The zero-order valence-electron chi connectivity index (χ0n) is 9.09. The highest BCUT2D eigenvalue weighted by molar-refractivity contribution is 9.13. The fraction of sp³-hybridized carbons (Fsp3) is 0.636. The molecule has 0 aromatic carbocycles. The predicted octanol–water partition coefficient (Wildman–Crippen LogP) is 5.10. The summed E-state index contributed by atoms with van der Waals surface area (Å²) in [6, 6.07) is 2.31. The molecule has 1 unspecified atom stereocenters. The van der Waals surface area contributed by atoms with Crippen LogP contribution in [0.2, 0.25) is 0 Å². The lowest BCUT2D eigenvalue weighted by Gasteiger charge is -2.10. The summed E-state index contributed by atoms with van der Waals surface area (Å²) in [4.78, 5) is 1.26. The van der Waals surface area contributed by atoms with Crippen molar-refractivity contribution in [2.24, 2.45) is 11.7 Å². The molecule has 1 nitrogen and oxygen atoms in total. The molecule has 0 saturated heterocycles. The third-order valence-corrected chi connectivity index (χ3v) is 5.71. The van der Waals surface area contributed by atoms with Crippen molar-refractivity contribution in [3.63, 3.8) is 0 Å². The van der Waals surface area contributed by atoms with Crippen molar-refractivity contribution in [2.45, 2.75) is 39.2 Å². The molecule has 1 heterocycles. The SMILES string of the molecule is CC(C)CCCC(N)c1cc(Br)c(Br)s1. The largest absolute Gasteiger partial charge is 0.323 e. The lowest BCUT2D eigenvalue weighted by atomic mass is 10.0. The quantitative estimate of drug-likeness (QED) is 0.782. The Morgan fingerprint density at radius 3 is 2.47 bits per heavy atom. The molecule has 86 valence electrons. The zero-order chi connectivity index (χ0) is 11.4. The highest BCUT2D eigenvalue weighted by Crippen LogP contribution is 2.36. The highest BCUT2D eigenvalue weighted by Gasteiger charge is 2.11. The molecule has 0 aliphatic carbocycles. The summed E-state index contributed by atoms with van der Waals surface area (Å²) in [5, 5.41) is 0. The Morgan fingerprint density at radius 1 is 1.33 bits per heavy atom. The van der Waals surface area contributed by atoms with Gasteiger partial charge in [0.1, 0.15) is 0 Å². The summed E-state index contributed by atoms with van der Waals surface area (Å²) in [5.41, 5.74) is 6.13. The zero-order valence-corrected chi connectivity index (χ0v) is 13.1. The average Bonchev–Trinajstić information content (AvgIpc) is 2.46. The van der Waals surface area contributed by atoms with E-state index in [4.69, 9.17) is 5.73 Å². The summed E-state index contributed by atoms with van der Waals surface area (Å²) in [5.74, 6) is 0.777. The van der Waals surface area contributed by atoms with Crippen LogP contribution in [-0.2, 0) is 0 Å². The second-order valence-electron chi connectivity index (χ2n) is 4.20.